The molecule has 0 fully saturated rings. The van der Waals surface area contributed by atoms with Gasteiger partial charge in [-0.3, -0.25) is 0 Å². The third-order valence-corrected chi connectivity index (χ3v) is 3.76. The maximum Gasteiger partial charge on any atom is 0.157 e. The van der Waals surface area contributed by atoms with E-state index in [1.807, 2.05) is 38.1 Å². The molecule has 0 aliphatic carbocycles. The minimum Gasteiger partial charge on any atom is -0.480 e. The summed E-state index contributed by atoms with van der Waals surface area (Å²) in [7, 11) is 0. The summed E-state index contributed by atoms with van der Waals surface area (Å²) in [5.41, 5.74) is 2.14. The van der Waals surface area contributed by atoms with Crippen LogP contribution in [0.4, 0.5) is 5.69 Å². The molecular weight excluding hydrogens is 294 g/mol. The molecule has 3 nitrogen and oxygen atoms in total. The minimum atomic E-state index is -0.00588. The largest absolute Gasteiger partial charge is 0.480 e. The average Bonchev–Trinajstić information content (AvgIpc) is 2.69. The van der Waals surface area contributed by atoms with Crippen LogP contribution in [0.2, 0.25) is 0 Å². The van der Waals surface area contributed by atoms with Crippen LogP contribution >= 0.6 is 15.9 Å². The summed E-state index contributed by atoms with van der Waals surface area (Å²) in [4.78, 5) is 0. The van der Waals surface area contributed by atoms with Gasteiger partial charge in [0, 0.05) is 5.56 Å². The van der Waals surface area contributed by atoms with Gasteiger partial charge in [0.1, 0.15) is 17.6 Å². The first-order chi connectivity index (χ1) is 8.65. The Kier molecular flexibility index (Phi) is 2.82. The predicted octanol–water partition coefficient (Wildman–Crippen LogP) is 4.20. The van der Waals surface area contributed by atoms with Crippen LogP contribution in [0, 0.1) is 13.8 Å². The van der Waals surface area contributed by atoms with E-state index in [-0.39, 0.29) is 6.10 Å². The molecule has 1 atom stereocenters. The molecule has 0 radical (unpaired) electrons. The normalized spacial score (nSPS) is 17.8. The van der Waals surface area contributed by atoms with Crippen LogP contribution in [-0.4, -0.2) is 6.54 Å². The Morgan fingerprint density at radius 3 is 2.89 bits per heavy atom. The molecule has 94 valence electrons. The van der Waals surface area contributed by atoms with Gasteiger partial charge in [-0.1, -0.05) is 6.07 Å². The SMILES string of the molecule is Cc1cc(C2CNc3cccc(Br)c3O2)c(C)o1. The van der Waals surface area contributed by atoms with Crippen LogP contribution < -0.4 is 10.1 Å². The van der Waals surface area contributed by atoms with E-state index in [0.717, 1.165) is 39.5 Å². The molecule has 2 heterocycles. The first-order valence-corrected chi connectivity index (χ1v) is 6.70. The first kappa shape index (κ1) is 11.7. The fraction of sp³-hybridized carbons (Fsp3) is 0.286. The van der Waals surface area contributed by atoms with Crippen molar-refractivity contribution in [3.05, 3.63) is 45.8 Å². The molecule has 18 heavy (non-hydrogen) atoms. The quantitative estimate of drug-likeness (QED) is 0.857. The standard InChI is InChI=1S/C14H14BrNO2/c1-8-6-10(9(2)17-8)13-7-16-12-5-3-4-11(15)14(12)18-13/h3-6,13,16H,7H2,1-2H3. The maximum absolute atomic E-state index is 6.07. The van der Waals surface area contributed by atoms with Gasteiger partial charge in [-0.15, -0.1) is 0 Å². The van der Waals surface area contributed by atoms with Crippen molar-refractivity contribution >= 4 is 21.6 Å². The highest BCUT2D eigenvalue weighted by Gasteiger charge is 2.25. The summed E-state index contributed by atoms with van der Waals surface area (Å²) in [6.07, 6.45) is -0.00588. The van der Waals surface area contributed by atoms with E-state index >= 15 is 0 Å². The number of hydrogen-bond donors (Lipinski definition) is 1. The van der Waals surface area contributed by atoms with Crippen LogP contribution in [0.25, 0.3) is 0 Å². The molecule has 2 aromatic rings. The molecular formula is C14H14BrNO2. The summed E-state index contributed by atoms with van der Waals surface area (Å²) in [6.45, 7) is 4.68. The maximum atomic E-state index is 6.07. The van der Waals surface area contributed by atoms with Crippen molar-refractivity contribution in [3.8, 4) is 5.75 Å². The number of nitrogens with one attached hydrogen (secondary N) is 1. The van der Waals surface area contributed by atoms with Gasteiger partial charge in [-0.2, -0.15) is 0 Å². The number of anilines is 1. The topological polar surface area (TPSA) is 34.4 Å². The molecule has 1 aromatic carbocycles. The zero-order valence-electron chi connectivity index (χ0n) is 10.3. The Bertz CT molecular complexity index is 591. The van der Waals surface area contributed by atoms with Gasteiger partial charge < -0.3 is 14.5 Å². The predicted molar refractivity (Wildman–Crippen MR) is 74.2 cm³/mol. The number of ether oxygens (including phenoxy) is 1. The van der Waals surface area contributed by atoms with Crippen molar-refractivity contribution in [3.63, 3.8) is 0 Å². The highest BCUT2D eigenvalue weighted by atomic mass is 79.9. The molecule has 0 spiro atoms. The Balaban J connectivity index is 1.95. The number of halogens is 1. The van der Waals surface area contributed by atoms with Crippen molar-refractivity contribution in [1.82, 2.24) is 0 Å². The zero-order chi connectivity index (χ0) is 12.7. The van der Waals surface area contributed by atoms with E-state index in [1.54, 1.807) is 0 Å². The molecule has 0 saturated carbocycles. The molecule has 4 heteroatoms. The Morgan fingerprint density at radius 1 is 1.33 bits per heavy atom. The fourth-order valence-corrected chi connectivity index (χ4v) is 2.76. The monoisotopic (exact) mass is 307 g/mol. The Morgan fingerprint density at radius 2 is 2.17 bits per heavy atom. The van der Waals surface area contributed by atoms with E-state index in [2.05, 4.69) is 21.2 Å². The van der Waals surface area contributed by atoms with E-state index in [1.165, 1.54) is 0 Å². The average molecular weight is 308 g/mol. The second-order valence-corrected chi connectivity index (χ2v) is 5.33. The van der Waals surface area contributed by atoms with Crippen molar-refractivity contribution < 1.29 is 9.15 Å². The van der Waals surface area contributed by atoms with E-state index in [0.29, 0.717) is 0 Å². The lowest BCUT2D eigenvalue weighted by Gasteiger charge is -2.27. The van der Waals surface area contributed by atoms with Crippen molar-refractivity contribution in [2.45, 2.75) is 20.0 Å². The van der Waals surface area contributed by atoms with Gasteiger partial charge in [0.15, 0.2) is 5.75 Å². The van der Waals surface area contributed by atoms with E-state index < -0.39 is 0 Å². The molecule has 1 aliphatic rings. The van der Waals surface area contributed by atoms with Gasteiger partial charge in [0.2, 0.25) is 0 Å². The number of aryl methyl sites for hydroxylation is 2. The summed E-state index contributed by atoms with van der Waals surface area (Å²) in [5, 5.41) is 3.39. The van der Waals surface area contributed by atoms with Crippen LogP contribution in [-0.2, 0) is 0 Å². The third-order valence-electron chi connectivity index (χ3n) is 3.13. The number of hydrogen-bond acceptors (Lipinski definition) is 3. The van der Waals surface area contributed by atoms with Crippen LogP contribution in [0.3, 0.4) is 0 Å². The van der Waals surface area contributed by atoms with Crippen LogP contribution in [0.1, 0.15) is 23.2 Å². The number of benzene rings is 1. The molecule has 0 amide bonds. The van der Waals surface area contributed by atoms with Crippen molar-refractivity contribution in [2.24, 2.45) is 0 Å². The summed E-state index contributed by atoms with van der Waals surface area (Å²) < 4.78 is 12.6. The van der Waals surface area contributed by atoms with E-state index in [9.17, 15) is 0 Å². The smallest absolute Gasteiger partial charge is 0.157 e. The number of fused-ring (bicyclic) bond motifs is 1. The van der Waals surface area contributed by atoms with Gasteiger partial charge in [-0.05, 0) is 48.0 Å². The summed E-state index contributed by atoms with van der Waals surface area (Å²) >= 11 is 3.52. The van der Waals surface area contributed by atoms with Gasteiger partial charge in [0.05, 0.1) is 16.7 Å². The first-order valence-electron chi connectivity index (χ1n) is 5.91. The van der Waals surface area contributed by atoms with Gasteiger partial charge >= 0.3 is 0 Å². The van der Waals surface area contributed by atoms with Crippen molar-refractivity contribution in [2.75, 3.05) is 11.9 Å². The molecule has 1 unspecified atom stereocenters. The van der Waals surface area contributed by atoms with Gasteiger partial charge in [-0.25, -0.2) is 0 Å². The lowest BCUT2D eigenvalue weighted by Crippen LogP contribution is -2.23. The molecule has 1 aliphatic heterocycles. The van der Waals surface area contributed by atoms with Crippen LogP contribution in [0.5, 0.6) is 5.75 Å². The second-order valence-electron chi connectivity index (χ2n) is 4.47. The summed E-state index contributed by atoms with van der Waals surface area (Å²) in [6, 6.07) is 8.04. The number of furan rings is 1. The number of para-hydroxylation sites is 1. The Labute approximate surface area is 114 Å². The fourth-order valence-electron chi connectivity index (χ4n) is 2.30. The molecule has 1 aromatic heterocycles. The van der Waals surface area contributed by atoms with E-state index in [4.69, 9.17) is 9.15 Å². The lowest BCUT2D eigenvalue weighted by molar-refractivity contribution is 0.207. The molecule has 0 bridgehead atoms. The van der Waals surface area contributed by atoms with Gasteiger partial charge in [0.25, 0.3) is 0 Å². The lowest BCUT2D eigenvalue weighted by atomic mass is 10.1. The van der Waals surface area contributed by atoms with Crippen LogP contribution in [0.15, 0.2) is 33.2 Å². The number of rotatable bonds is 1. The minimum absolute atomic E-state index is 0.00588. The Hall–Kier alpha value is -1.42. The highest BCUT2D eigenvalue weighted by molar-refractivity contribution is 9.10. The highest BCUT2D eigenvalue weighted by Crippen LogP contribution is 2.40. The van der Waals surface area contributed by atoms with Crippen molar-refractivity contribution in [1.29, 1.82) is 0 Å². The third kappa shape index (κ3) is 1.90. The molecule has 3 rings (SSSR count). The second kappa shape index (κ2) is 4.35. The summed E-state index contributed by atoms with van der Waals surface area (Å²) in [5.74, 6) is 2.71. The molecule has 0 saturated heterocycles. The zero-order valence-corrected chi connectivity index (χ0v) is 11.9. The molecule has 1 N–H and O–H groups in total.